The van der Waals surface area contributed by atoms with Gasteiger partial charge in [-0.1, -0.05) is 32.1 Å². The van der Waals surface area contributed by atoms with E-state index in [0.29, 0.717) is 0 Å². The van der Waals surface area contributed by atoms with Gasteiger partial charge in [-0.15, -0.1) is 12.4 Å². The number of halogens is 1. The molecule has 2 fully saturated rings. The summed E-state index contributed by atoms with van der Waals surface area (Å²) in [7, 11) is 0. The first kappa shape index (κ1) is 14.8. The topological polar surface area (TPSA) is 63.3 Å². The van der Waals surface area contributed by atoms with Crippen LogP contribution < -0.4 is 5.73 Å². The van der Waals surface area contributed by atoms with Crippen molar-refractivity contribution in [2.75, 3.05) is 0 Å². The minimum absolute atomic E-state index is 0. The number of aliphatic carboxylic acids is 1. The van der Waals surface area contributed by atoms with Gasteiger partial charge in [0.05, 0.1) is 0 Å². The van der Waals surface area contributed by atoms with Crippen LogP contribution >= 0.6 is 12.4 Å². The van der Waals surface area contributed by atoms with Crippen molar-refractivity contribution in [2.24, 2.45) is 17.6 Å². The highest BCUT2D eigenvalue weighted by atomic mass is 35.5. The summed E-state index contributed by atoms with van der Waals surface area (Å²) < 4.78 is 0. The van der Waals surface area contributed by atoms with Gasteiger partial charge in [0.25, 0.3) is 0 Å². The fourth-order valence-electron chi connectivity index (χ4n) is 3.67. The van der Waals surface area contributed by atoms with Gasteiger partial charge >= 0.3 is 5.97 Å². The maximum Gasteiger partial charge on any atom is 0.324 e. The Morgan fingerprint density at radius 3 is 1.65 bits per heavy atom. The molecular formula is C13H24ClNO2. The second-order valence-corrected chi connectivity index (χ2v) is 5.55. The lowest BCUT2D eigenvalue weighted by Gasteiger charge is -2.40. The van der Waals surface area contributed by atoms with Crippen LogP contribution in [0.3, 0.4) is 0 Å². The van der Waals surface area contributed by atoms with E-state index >= 15 is 0 Å². The minimum atomic E-state index is -0.934. The van der Waals surface area contributed by atoms with E-state index in [0.717, 1.165) is 51.4 Å². The Morgan fingerprint density at radius 1 is 0.941 bits per heavy atom. The van der Waals surface area contributed by atoms with Crippen molar-refractivity contribution in [3.8, 4) is 0 Å². The fourth-order valence-corrected chi connectivity index (χ4v) is 3.67. The minimum Gasteiger partial charge on any atom is -0.480 e. The standard InChI is InChI=1S/C13H23NO2.ClH/c14-13(12(15)16,11-8-4-5-9-11)10-6-2-1-3-7-10;/h10-11H,1-9,14H2,(H,15,16);1H/t13-;/m1./s1. The molecule has 1 atom stereocenters. The van der Waals surface area contributed by atoms with Crippen LogP contribution in [0, 0.1) is 11.8 Å². The van der Waals surface area contributed by atoms with Gasteiger partial charge in [0, 0.05) is 0 Å². The third kappa shape index (κ3) is 2.76. The summed E-state index contributed by atoms with van der Waals surface area (Å²) >= 11 is 0. The molecule has 0 saturated heterocycles. The Bertz CT molecular complexity index is 260. The molecule has 0 aromatic carbocycles. The van der Waals surface area contributed by atoms with Crippen molar-refractivity contribution in [1.29, 1.82) is 0 Å². The molecule has 3 nitrogen and oxygen atoms in total. The number of carboxylic acids is 1. The van der Waals surface area contributed by atoms with Crippen molar-refractivity contribution < 1.29 is 9.90 Å². The molecule has 2 aliphatic carbocycles. The van der Waals surface area contributed by atoms with Gasteiger partial charge < -0.3 is 10.8 Å². The zero-order chi connectivity index (χ0) is 11.6. The van der Waals surface area contributed by atoms with Crippen LogP contribution in [-0.2, 0) is 4.79 Å². The van der Waals surface area contributed by atoms with Gasteiger partial charge in [-0.3, -0.25) is 4.79 Å². The molecule has 0 unspecified atom stereocenters. The van der Waals surface area contributed by atoms with Crippen LogP contribution in [0.4, 0.5) is 0 Å². The summed E-state index contributed by atoms with van der Waals surface area (Å²) in [4.78, 5) is 11.6. The molecule has 100 valence electrons. The maximum absolute atomic E-state index is 11.6. The first-order chi connectivity index (χ1) is 7.65. The second kappa shape index (κ2) is 6.05. The van der Waals surface area contributed by atoms with Crippen molar-refractivity contribution >= 4 is 18.4 Å². The quantitative estimate of drug-likeness (QED) is 0.821. The van der Waals surface area contributed by atoms with Crippen molar-refractivity contribution in [1.82, 2.24) is 0 Å². The van der Waals surface area contributed by atoms with Crippen LogP contribution in [0.2, 0.25) is 0 Å². The first-order valence-electron chi connectivity index (χ1n) is 6.68. The van der Waals surface area contributed by atoms with Gasteiger partial charge in [-0.25, -0.2) is 0 Å². The Balaban J connectivity index is 0.00000144. The number of hydrogen-bond acceptors (Lipinski definition) is 2. The maximum atomic E-state index is 11.6. The van der Waals surface area contributed by atoms with E-state index < -0.39 is 11.5 Å². The molecule has 0 aliphatic heterocycles. The predicted octanol–water partition coefficient (Wildman–Crippen LogP) is 2.96. The van der Waals surface area contributed by atoms with Crippen LogP contribution in [-0.4, -0.2) is 16.6 Å². The largest absolute Gasteiger partial charge is 0.480 e. The highest BCUT2D eigenvalue weighted by Gasteiger charge is 2.49. The smallest absolute Gasteiger partial charge is 0.324 e. The van der Waals surface area contributed by atoms with Gasteiger partial charge in [0.1, 0.15) is 5.54 Å². The fraction of sp³-hybridized carbons (Fsp3) is 0.923. The summed E-state index contributed by atoms with van der Waals surface area (Å²) in [6.45, 7) is 0. The number of hydrogen-bond donors (Lipinski definition) is 2. The summed E-state index contributed by atoms with van der Waals surface area (Å²) in [5.74, 6) is -0.332. The van der Waals surface area contributed by atoms with Gasteiger partial charge in [-0.2, -0.15) is 0 Å². The van der Waals surface area contributed by atoms with E-state index in [1.807, 2.05) is 0 Å². The molecule has 2 rings (SSSR count). The normalized spacial score (nSPS) is 26.2. The molecule has 17 heavy (non-hydrogen) atoms. The molecule has 0 amide bonds. The summed E-state index contributed by atoms with van der Waals surface area (Å²) in [5, 5.41) is 9.52. The lowest BCUT2D eigenvalue weighted by atomic mass is 9.68. The predicted molar refractivity (Wildman–Crippen MR) is 70.3 cm³/mol. The summed E-state index contributed by atoms with van der Waals surface area (Å²) in [6.07, 6.45) is 9.93. The third-order valence-corrected chi connectivity index (χ3v) is 4.68. The first-order valence-corrected chi connectivity index (χ1v) is 6.68. The van der Waals surface area contributed by atoms with Crippen LogP contribution in [0.15, 0.2) is 0 Å². The van der Waals surface area contributed by atoms with E-state index in [2.05, 4.69) is 0 Å². The summed E-state index contributed by atoms with van der Waals surface area (Å²) in [5.41, 5.74) is 5.39. The monoisotopic (exact) mass is 261 g/mol. The summed E-state index contributed by atoms with van der Waals surface area (Å²) in [6, 6.07) is 0. The Morgan fingerprint density at radius 2 is 1.29 bits per heavy atom. The molecule has 0 aromatic rings. The number of rotatable bonds is 3. The van der Waals surface area contributed by atoms with Crippen molar-refractivity contribution in [3.05, 3.63) is 0 Å². The number of carboxylic acid groups (broad SMARTS) is 1. The highest BCUT2D eigenvalue weighted by Crippen LogP contribution is 2.42. The molecule has 4 heteroatoms. The zero-order valence-corrected chi connectivity index (χ0v) is 11.2. The van der Waals surface area contributed by atoms with E-state index in [1.54, 1.807) is 0 Å². The van der Waals surface area contributed by atoms with Crippen molar-refractivity contribution in [2.45, 2.75) is 63.3 Å². The van der Waals surface area contributed by atoms with Crippen LogP contribution in [0.25, 0.3) is 0 Å². The molecular weight excluding hydrogens is 238 g/mol. The average molecular weight is 262 g/mol. The van der Waals surface area contributed by atoms with Crippen molar-refractivity contribution in [3.63, 3.8) is 0 Å². The molecule has 0 heterocycles. The Labute approximate surface area is 110 Å². The number of nitrogens with two attached hydrogens (primary N) is 1. The SMILES string of the molecule is Cl.N[C@](C(=O)O)(C1CCCCC1)C1CCCC1. The average Bonchev–Trinajstić information content (AvgIpc) is 2.82. The van der Waals surface area contributed by atoms with Crippen LogP contribution in [0.1, 0.15) is 57.8 Å². The third-order valence-electron chi connectivity index (χ3n) is 4.68. The molecule has 0 aromatic heterocycles. The van der Waals surface area contributed by atoms with E-state index in [9.17, 15) is 9.90 Å². The van der Waals surface area contributed by atoms with Gasteiger partial charge in [-0.05, 0) is 37.5 Å². The Kier molecular flexibility index (Phi) is 5.26. The van der Waals surface area contributed by atoms with E-state index in [4.69, 9.17) is 5.73 Å². The molecule has 3 N–H and O–H groups in total. The molecule has 2 saturated carbocycles. The molecule has 0 radical (unpaired) electrons. The highest BCUT2D eigenvalue weighted by molar-refractivity contribution is 5.85. The second-order valence-electron chi connectivity index (χ2n) is 5.55. The van der Waals surface area contributed by atoms with Gasteiger partial charge in [0.15, 0.2) is 0 Å². The molecule has 0 bridgehead atoms. The zero-order valence-electron chi connectivity index (χ0n) is 10.4. The van der Waals surface area contributed by atoms with Crippen LogP contribution in [0.5, 0.6) is 0 Å². The lowest BCUT2D eigenvalue weighted by molar-refractivity contribution is -0.149. The molecule has 0 spiro atoms. The van der Waals surface area contributed by atoms with E-state index in [-0.39, 0.29) is 24.2 Å². The Hall–Kier alpha value is -0.280. The van der Waals surface area contributed by atoms with E-state index in [1.165, 1.54) is 6.42 Å². The van der Waals surface area contributed by atoms with Gasteiger partial charge in [0.2, 0.25) is 0 Å². The number of carbonyl (C=O) groups is 1. The molecule has 2 aliphatic rings. The lowest BCUT2D eigenvalue weighted by Crippen LogP contribution is -2.59.